The summed E-state index contributed by atoms with van der Waals surface area (Å²) < 4.78 is 4.93. The van der Waals surface area contributed by atoms with E-state index >= 15 is 0 Å². The van der Waals surface area contributed by atoms with Crippen LogP contribution in [-0.4, -0.2) is 51.7 Å². The highest BCUT2D eigenvalue weighted by atomic mass is 16.5. The molecule has 3 aliphatic carbocycles. The van der Waals surface area contributed by atoms with E-state index in [0.717, 1.165) is 12.8 Å². The van der Waals surface area contributed by atoms with Crippen LogP contribution in [-0.2, 0) is 19.1 Å². The third-order valence-electron chi connectivity index (χ3n) is 7.06. The van der Waals surface area contributed by atoms with E-state index in [0.29, 0.717) is 6.42 Å². The van der Waals surface area contributed by atoms with E-state index in [4.69, 9.17) is 4.74 Å². The van der Waals surface area contributed by atoms with Crippen LogP contribution in [0, 0.1) is 22.7 Å². The van der Waals surface area contributed by atoms with E-state index in [-0.39, 0.29) is 28.7 Å². The molecule has 0 spiro atoms. The summed E-state index contributed by atoms with van der Waals surface area (Å²) in [7, 11) is 0. The largest absolute Gasteiger partial charge is 0.504 e. The molecule has 29 heavy (non-hydrogen) atoms. The minimum absolute atomic E-state index is 0.124. The second-order valence-electron chi connectivity index (χ2n) is 9.59. The van der Waals surface area contributed by atoms with Crippen LogP contribution in [0.3, 0.4) is 0 Å². The van der Waals surface area contributed by atoms with Gasteiger partial charge in [-0.1, -0.05) is 34.1 Å². The van der Waals surface area contributed by atoms with E-state index in [1.54, 1.807) is 6.92 Å². The predicted octanol–water partition coefficient (Wildman–Crippen LogP) is 2.01. The lowest BCUT2D eigenvalue weighted by Gasteiger charge is -2.57. The summed E-state index contributed by atoms with van der Waals surface area (Å²) in [5.74, 6) is -3.70. The first-order valence-corrected chi connectivity index (χ1v) is 10.1. The van der Waals surface area contributed by atoms with Crippen LogP contribution in [0.4, 0.5) is 0 Å². The van der Waals surface area contributed by atoms with Gasteiger partial charge in [-0.05, 0) is 18.3 Å². The zero-order valence-corrected chi connectivity index (χ0v) is 17.6. The molecule has 160 valence electrons. The van der Waals surface area contributed by atoms with Gasteiger partial charge in [0.25, 0.3) is 0 Å². The lowest BCUT2D eigenvalue weighted by Crippen LogP contribution is -2.59. The van der Waals surface area contributed by atoms with Gasteiger partial charge in [-0.2, -0.15) is 0 Å². The van der Waals surface area contributed by atoms with Gasteiger partial charge in [-0.15, -0.1) is 0 Å². The molecule has 3 rings (SSSR count). The molecular weight excluding hydrogens is 376 g/mol. The maximum atomic E-state index is 13.3. The Kier molecular flexibility index (Phi) is 5.28. The number of aliphatic hydroxyl groups is 3. The van der Waals surface area contributed by atoms with Gasteiger partial charge < -0.3 is 20.1 Å². The van der Waals surface area contributed by atoms with Gasteiger partial charge in [-0.3, -0.25) is 14.4 Å². The van der Waals surface area contributed by atoms with Gasteiger partial charge in [0.15, 0.2) is 11.5 Å². The number of ketones is 2. The van der Waals surface area contributed by atoms with Crippen molar-refractivity contribution in [2.24, 2.45) is 22.7 Å². The quantitative estimate of drug-likeness (QED) is 0.484. The van der Waals surface area contributed by atoms with E-state index in [1.807, 2.05) is 20.8 Å². The number of Topliss-reactive ketones (excluding diaryl/α,β-unsaturated/α-hetero) is 2. The zero-order valence-electron chi connectivity index (χ0n) is 17.6. The van der Waals surface area contributed by atoms with Crippen molar-refractivity contribution in [3.8, 4) is 0 Å². The fraction of sp³-hybridized carbons (Fsp3) is 0.682. The third kappa shape index (κ3) is 3.15. The first-order valence-electron chi connectivity index (χ1n) is 10.1. The van der Waals surface area contributed by atoms with Crippen molar-refractivity contribution in [1.29, 1.82) is 0 Å². The molecule has 0 bridgehead atoms. The Hall–Kier alpha value is -1.99. The van der Waals surface area contributed by atoms with Crippen LogP contribution in [0.15, 0.2) is 22.5 Å². The van der Waals surface area contributed by atoms with Crippen molar-refractivity contribution in [3.63, 3.8) is 0 Å². The molecule has 0 saturated heterocycles. The molecule has 0 radical (unpaired) electrons. The number of carbonyl (C=O) groups excluding carboxylic acids is 3. The summed E-state index contributed by atoms with van der Waals surface area (Å²) >= 11 is 0. The fourth-order valence-corrected chi connectivity index (χ4v) is 5.92. The van der Waals surface area contributed by atoms with Gasteiger partial charge in [0, 0.05) is 35.3 Å². The molecule has 0 aromatic carbocycles. The van der Waals surface area contributed by atoms with Crippen LogP contribution in [0.2, 0.25) is 0 Å². The SMILES string of the molecule is CC(=O)OCC(C)C1=C(O)C(=O)C2=C(C1=O)[C@H](O)[C@@H](O)[C@H]1C(C)(C)CCC[C@]21C. The van der Waals surface area contributed by atoms with Gasteiger partial charge in [0.2, 0.25) is 5.78 Å². The van der Waals surface area contributed by atoms with Crippen molar-refractivity contribution >= 4 is 17.5 Å². The number of hydrogen-bond donors (Lipinski definition) is 3. The zero-order chi connectivity index (χ0) is 21.9. The van der Waals surface area contributed by atoms with Crippen molar-refractivity contribution in [2.75, 3.05) is 6.61 Å². The van der Waals surface area contributed by atoms with Crippen molar-refractivity contribution in [2.45, 2.75) is 66.1 Å². The lowest BCUT2D eigenvalue weighted by atomic mass is 9.47. The Morgan fingerprint density at radius 1 is 1.17 bits per heavy atom. The maximum Gasteiger partial charge on any atom is 0.302 e. The first kappa shape index (κ1) is 21.7. The van der Waals surface area contributed by atoms with Crippen LogP contribution in [0.25, 0.3) is 0 Å². The molecule has 1 fully saturated rings. The first-order chi connectivity index (χ1) is 13.3. The molecule has 0 aromatic heterocycles. The standard InChI is InChI=1S/C22H30O7/c1-10(9-29-11(2)23)12-15(24)13-14(18(27)16(12)25)22(5)8-6-7-21(3,4)20(22)19(28)17(13)26/h10,17,19-20,25-26,28H,6-9H2,1-5H3/t10?,17-,19+,20-,22+/m0/s1. The molecule has 1 unspecified atom stereocenters. The molecule has 5 atom stereocenters. The van der Waals surface area contributed by atoms with E-state index < -0.39 is 52.8 Å². The van der Waals surface area contributed by atoms with Crippen molar-refractivity contribution in [1.82, 2.24) is 0 Å². The van der Waals surface area contributed by atoms with Crippen LogP contribution in [0.1, 0.15) is 53.9 Å². The smallest absolute Gasteiger partial charge is 0.302 e. The monoisotopic (exact) mass is 406 g/mol. The molecule has 7 heteroatoms. The molecular formula is C22H30O7. The van der Waals surface area contributed by atoms with E-state index in [2.05, 4.69) is 0 Å². The van der Waals surface area contributed by atoms with Crippen LogP contribution in [0.5, 0.6) is 0 Å². The number of hydrogen-bond acceptors (Lipinski definition) is 7. The highest BCUT2D eigenvalue weighted by Crippen LogP contribution is 2.61. The van der Waals surface area contributed by atoms with Crippen LogP contribution >= 0.6 is 0 Å². The number of allylic oxidation sites excluding steroid dienone is 1. The average Bonchev–Trinajstić information content (AvgIpc) is 2.60. The van der Waals surface area contributed by atoms with Crippen molar-refractivity contribution < 1.29 is 34.4 Å². The summed E-state index contributed by atoms with van der Waals surface area (Å²) in [5.41, 5.74) is -1.36. The van der Waals surface area contributed by atoms with Crippen LogP contribution < -0.4 is 0 Å². The normalized spacial score (nSPS) is 35.2. The van der Waals surface area contributed by atoms with Gasteiger partial charge in [-0.25, -0.2) is 0 Å². The Balaban J connectivity index is 2.12. The predicted molar refractivity (Wildman–Crippen MR) is 104 cm³/mol. The second-order valence-corrected chi connectivity index (χ2v) is 9.59. The van der Waals surface area contributed by atoms with E-state index in [9.17, 15) is 29.7 Å². The summed E-state index contributed by atoms with van der Waals surface area (Å²) in [4.78, 5) is 37.7. The highest BCUT2D eigenvalue weighted by molar-refractivity contribution is 6.25. The van der Waals surface area contributed by atoms with Crippen molar-refractivity contribution in [3.05, 3.63) is 22.5 Å². The fourth-order valence-electron chi connectivity index (χ4n) is 5.92. The summed E-state index contributed by atoms with van der Waals surface area (Å²) in [6.07, 6.45) is -0.499. The van der Waals surface area contributed by atoms with Gasteiger partial charge in [0.05, 0.1) is 18.3 Å². The highest BCUT2D eigenvalue weighted by Gasteiger charge is 2.61. The summed E-state index contributed by atoms with van der Waals surface area (Å²) in [6.45, 7) is 8.44. The minimum atomic E-state index is -1.51. The van der Waals surface area contributed by atoms with Gasteiger partial charge in [0.1, 0.15) is 6.10 Å². The minimum Gasteiger partial charge on any atom is -0.504 e. The third-order valence-corrected chi connectivity index (χ3v) is 7.06. The summed E-state index contributed by atoms with van der Waals surface area (Å²) in [6, 6.07) is 0. The Morgan fingerprint density at radius 3 is 2.38 bits per heavy atom. The molecule has 7 nitrogen and oxygen atoms in total. The van der Waals surface area contributed by atoms with Gasteiger partial charge >= 0.3 is 5.97 Å². The Morgan fingerprint density at radius 2 is 1.79 bits per heavy atom. The number of carbonyl (C=O) groups is 3. The second kappa shape index (κ2) is 7.06. The van der Waals surface area contributed by atoms with E-state index in [1.165, 1.54) is 6.92 Å². The number of ether oxygens (including phenoxy) is 1. The molecule has 1 saturated carbocycles. The molecule has 3 aliphatic rings. The molecule has 0 aromatic rings. The number of fused-ring (bicyclic) bond motifs is 2. The average molecular weight is 406 g/mol. The molecule has 3 N–H and O–H groups in total. The molecule has 0 aliphatic heterocycles. The topological polar surface area (TPSA) is 121 Å². The summed E-state index contributed by atoms with van der Waals surface area (Å²) in [5, 5.41) is 32.5. The Bertz CT molecular complexity index is 834. The molecule has 0 heterocycles. The number of aliphatic hydroxyl groups excluding tert-OH is 3. The number of rotatable bonds is 3. The Labute approximate surface area is 170 Å². The lowest BCUT2D eigenvalue weighted by molar-refractivity contribution is -0.142. The number of esters is 1. The molecule has 0 amide bonds. The maximum absolute atomic E-state index is 13.3.